The number of halogens is 1. The van der Waals surface area contributed by atoms with E-state index < -0.39 is 0 Å². The molecule has 0 unspecified atom stereocenters. The van der Waals surface area contributed by atoms with Gasteiger partial charge in [0.15, 0.2) is 0 Å². The fraction of sp³-hybridized carbons (Fsp3) is 0.227. The molecule has 0 aromatic heterocycles. The van der Waals surface area contributed by atoms with Gasteiger partial charge in [0, 0.05) is 22.7 Å². The second-order valence-corrected chi connectivity index (χ2v) is 6.98. The van der Waals surface area contributed by atoms with Crippen molar-refractivity contribution in [3.63, 3.8) is 0 Å². The Balaban J connectivity index is 0.00000196. The Kier molecular flexibility index (Phi) is 5.03. The number of nitrogens with one attached hydrogen (secondary N) is 1. The van der Waals surface area contributed by atoms with E-state index in [1.54, 1.807) is 0 Å². The molecule has 0 radical (unpaired) electrons. The number of fused-ring (bicyclic) bond motifs is 1. The molecule has 4 rings (SSSR count). The predicted molar refractivity (Wildman–Crippen MR) is 110 cm³/mol. The van der Waals surface area contributed by atoms with Crippen molar-refractivity contribution >= 4 is 34.8 Å². The summed E-state index contributed by atoms with van der Waals surface area (Å²) in [5.41, 5.74) is 8.95. The van der Waals surface area contributed by atoms with Gasteiger partial charge in [-0.05, 0) is 53.4 Å². The highest BCUT2D eigenvalue weighted by Gasteiger charge is 2.49. The van der Waals surface area contributed by atoms with Gasteiger partial charge >= 0.3 is 0 Å². The van der Waals surface area contributed by atoms with Gasteiger partial charge in [0.25, 0.3) is 5.91 Å². The summed E-state index contributed by atoms with van der Waals surface area (Å²) in [6, 6.07) is 21.9. The third-order valence-corrected chi connectivity index (χ3v) is 5.33. The fourth-order valence-electron chi connectivity index (χ4n) is 3.53. The highest BCUT2D eigenvalue weighted by Crippen LogP contribution is 2.51. The van der Waals surface area contributed by atoms with Crippen LogP contribution in [0.25, 0.3) is 10.8 Å². The standard InChI is InChI=1S/C22H22N2O.ClH/c1-2-22(23)14-20(22)17-8-5-9-19(13-17)24-21(25)18-11-10-15-6-3-4-7-16(15)12-18;/h3-13,20H,2,14,23H2,1H3,(H,24,25);1H/t20-,22-;/m0./s1. The van der Waals surface area contributed by atoms with Crippen LogP contribution >= 0.6 is 12.4 Å². The number of anilines is 1. The molecule has 1 saturated carbocycles. The van der Waals surface area contributed by atoms with Crippen molar-refractivity contribution in [2.24, 2.45) is 5.73 Å². The maximum atomic E-state index is 12.6. The summed E-state index contributed by atoms with van der Waals surface area (Å²) in [6.45, 7) is 2.13. The molecular formula is C22H23ClN2O. The lowest BCUT2D eigenvalue weighted by molar-refractivity contribution is 0.102. The van der Waals surface area contributed by atoms with Gasteiger partial charge in [-0.3, -0.25) is 4.79 Å². The number of carbonyl (C=O) groups is 1. The van der Waals surface area contributed by atoms with Crippen LogP contribution < -0.4 is 11.1 Å². The Hall–Kier alpha value is -2.36. The normalized spacial score (nSPS) is 21.1. The molecule has 0 bridgehead atoms. The summed E-state index contributed by atoms with van der Waals surface area (Å²) < 4.78 is 0. The molecule has 1 aliphatic rings. The summed E-state index contributed by atoms with van der Waals surface area (Å²) in [5, 5.41) is 5.21. The summed E-state index contributed by atoms with van der Waals surface area (Å²) >= 11 is 0. The zero-order chi connectivity index (χ0) is 17.4. The van der Waals surface area contributed by atoms with Gasteiger partial charge in [0.05, 0.1) is 0 Å². The molecule has 1 amide bonds. The third kappa shape index (κ3) is 3.46. The number of hydrogen-bond acceptors (Lipinski definition) is 2. The molecule has 134 valence electrons. The molecule has 4 heteroatoms. The van der Waals surface area contributed by atoms with E-state index >= 15 is 0 Å². The Morgan fingerprint density at radius 3 is 2.58 bits per heavy atom. The van der Waals surface area contributed by atoms with E-state index in [1.807, 2.05) is 60.7 Å². The van der Waals surface area contributed by atoms with Crippen LogP contribution in [0.5, 0.6) is 0 Å². The first-order valence-corrected chi connectivity index (χ1v) is 8.78. The third-order valence-electron chi connectivity index (χ3n) is 5.33. The zero-order valence-corrected chi connectivity index (χ0v) is 15.6. The van der Waals surface area contributed by atoms with Gasteiger partial charge in [-0.2, -0.15) is 0 Å². The lowest BCUT2D eigenvalue weighted by atomic mass is 10.0. The number of nitrogens with two attached hydrogens (primary N) is 1. The van der Waals surface area contributed by atoms with Crippen LogP contribution in [-0.2, 0) is 0 Å². The molecule has 0 heterocycles. The van der Waals surface area contributed by atoms with Gasteiger partial charge in [-0.25, -0.2) is 0 Å². The monoisotopic (exact) mass is 366 g/mol. The topological polar surface area (TPSA) is 55.1 Å². The number of hydrogen-bond donors (Lipinski definition) is 2. The number of benzene rings is 3. The second kappa shape index (κ2) is 7.10. The van der Waals surface area contributed by atoms with Crippen molar-refractivity contribution in [1.29, 1.82) is 0 Å². The van der Waals surface area contributed by atoms with Crippen molar-refractivity contribution in [3.05, 3.63) is 77.9 Å². The minimum atomic E-state index is -0.0896. The van der Waals surface area contributed by atoms with Crippen LogP contribution in [0.15, 0.2) is 66.7 Å². The van der Waals surface area contributed by atoms with Crippen molar-refractivity contribution in [2.45, 2.75) is 31.2 Å². The molecule has 3 aromatic rings. The molecule has 3 nitrogen and oxygen atoms in total. The van der Waals surface area contributed by atoms with Crippen molar-refractivity contribution in [3.8, 4) is 0 Å². The van der Waals surface area contributed by atoms with Gasteiger partial charge in [-0.15, -0.1) is 12.4 Å². The average Bonchev–Trinajstić information content (AvgIpc) is 3.34. The van der Waals surface area contributed by atoms with Gasteiger partial charge < -0.3 is 11.1 Å². The molecule has 2 atom stereocenters. The van der Waals surface area contributed by atoms with E-state index in [4.69, 9.17) is 5.73 Å². The molecule has 1 aliphatic carbocycles. The summed E-state index contributed by atoms with van der Waals surface area (Å²) in [5.74, 6) is 0.309. The lowest BCUT2D eigenvalue weighted by Crippen LogP contribution is -2.22. The Labute approximate surface area is 160 Å². The molecule has 0 saturated heterocycles. The van der Waals surface area contributed by atoms with Crippen molar-refractivity contribution in [2.75, 3.05) is 5.32 Å². The fourth-order valence-corrected chi connectivity index (χ4v) is 3.53. The van der Waals surface area contributed by atoms with Gasteiger partial charge in [-0.1, -0.05) is 49.4 Å². The van der Waals surface area contributed by atoms with E-state index in [2.05, 4.69) is 18.3 Å². The summed E-state index contributed by atoms with van der Waals surface area (Å²) in [4.78, 5) is 12.6. The van der Waals surface area contributed by atoms with E-state index in [1.165, 1.54) is 5.56 Å². The minimum Gasteiger partial charge on any atom is -0.325 e. The highest BCUT2D eigenvalue weighted by molar-refractivity contribution is 6.06. The smallest absolute Gasteiger partial charge is 0.255 e. The van der Waals surface area contributed by atoms with E-state index in [0.29, 0.717) is 11.5 Å². The van der Waals surface area contributed by atoms with Crippen LogP contribution in [0, 0.1) is 0 Å². The number of amides is 1. The molecule has 0 spiro atoms. The van der Waals surface area contributed by atoms with Gasteiger partial charge in [0.1, 0.15) is 0 Å². The number of carbonyl (C=O) groups excluding carboxylic acids is 1. The molecular weight excluding hydrogens is 344 g/mol. The highest BCUT2D eigenvalue weighted by atomic mass is 35.5. The largest absolute Gasteiger partial charge is 0.325 e. The molecule has 26 heavy (non-hydrogen) atoms. The molecule has 1 fully saturated rings. The molecule has 0 aliphatic heterocycles. The van der Waals surface area contributed by atoms with Crippen LogP contribution in [-0.4, -0.2) is 11.4 Å². The molecule has 3 N–H and O–H groups in total. The Morgan fingerprint density at radius 2 is 1.85 bits per heavy atom. The maximum Gasteiger partial charge on any atom is 0.255 e. The summed E-state index contributed by atoms with van der Waals surface area (Å²) in [6.07, 6.45) is 2.00. The second-order valence-electron chi connectivity index (χ2n) is 6.98. The number of rotatable bonds is 4. The van der Waals surface area contributed by atoms with Crippen molar-refractivity contribution in [1.82, 2.24) is 0 Å². The minimum absolute atomic E-state index is 0. The first-order valence-electron chi connectivity index (χ1n) is 8.78. The maximum absolute atomic E-state index is 12.6. The van der Waals surface area contributed by atoms with E-state index in [0.717, 1.165) is 29.3 Å². The van der Waals surface area contributed by atoms with Crippen LogP contribution in [0.2, 0.25) is 0 Å². The zero-order valence-electron chi connectivity index (χ0n) is 14.7. The first kappa shape index (κ1) is 18.4. The van der Waals surface area contributed by atoms with E-state index in [9.17, 15) is 4.79 Å². The predicted octanol–water partition coefficient (Wildman–Crippen LogP) is 5.11. The van der Waals surface area contributed by atoms with Crippen LogP contribution in [0.1, 0.15) is 41.6 Å². The van der Waals surface area contributed by atoms with Gasteiger partial charge in [0.2, 0.25) is 0 Å². The first-order chi connectivity index (χ1) is 12.1. The van der Waals surface area contributed by atoms with Crippen molar-refractivity contribution < 1.29 is 4.79 Å². The molecule has 3 aromatic carbocycles. The SMILES string of the molecule is CC[C@]1(N)C[C@H]1c1cccc(NC(=O)c2ccc3ccccc3c2)c1.Cl. The van der Waals surface area contributed by atoms with Crippen LogP contribution in [0.4, 0.5) is 5.69 Å². The van der Waals surface area contributed by atoms with Crippen LogP contribution in [0.3, 0.4) is 0 Å². The quantitative estimate of drug-likeness (QED) is 0.674. The lowest BCUT2D eigenvalue weighted by Gasteiger charge is -2.11. The Morgan fingerprint density at radius 1 is 1.08 bits per heavy atom. The Bertz CT molecular complexity index is 956. The average molecular weight is 367 g/mol. The summed E-state index contributed by atoms with van der Waals surface area (Å²) in [7, 11) is 0. The van der Waals surface area contributed by atoms with E-state index in [-0.39, 0.29) is 23.9 Å².